The van der Waals surface area contributed by atoms with Crippen molar-refractivity contribution in [3.05, 3.63) is 54.1 Å². The zero-order valence-electron chi connectivity index (χ0n) is 14.9. The molecule has 25 heavy (non-hydrogen) atoms. The van der Waals surface area contributed by atoms with Crippen molar-refractivity contribution in [2.24, 2.45) is 0 Å². The Bertz CT molecular complexity index is 686. The van der Waals surface area contributed by atoms with Crippen LogP contribution in [0, 0.1) is 0 Å². The first-order valence-electron chi connectivity index (χ1n) is 8.88. The maximum absolute atomic E-state index is 12.5. The number of morpholine rings is 1. The van der Waals surface area contributed by atoms with Crippen LogP contribution >= 0.6 is 0 Å². The highest BCUT2D eigenvalue weighted by atomic mass is 16.5. The molecule has 1 aliphatic rings. The third kappa shape index (κ3) is 4.60. The van der Waals surface area contributed by atoms with E-state index in [1.165, 1.54) is 5.56 Å². The number of imidazole rings is 1. The van der Waals surface area contributed by atoms with Gasteiger partial charge in [0.1, 0.15) is 5.82 Å². The average molecular weight is 342 g/mol. The molecule has 3 rings (SSSR count). The summed E-state index contributed by atoms with van der Waals surface area (Å²) < 4.78 is 7.88. The quantitative estimate of drug-likeness (QED) is 0.909. The molecule has 6 heteroatoms. The molecule has 1 aromatic heterocycles. The van der Waals surface area contributed by atoms with Gasteiger partial charge in [-0.1, -0.05) is 37.3 Å². The number of ether oxygens (including phenoxy) is 1. The van der Waals surface area contributed by atoms with Crippen LogP contribution in [0.25, 0.3) is 0 Å². The molecule has 0 spiro atoms. The zero-order valence-corrected chi connectivity index (χ0v) is 14.9. The van der Waals surface area contributed by atoms with Crippen LogP contribution in [0.15, 0.2) is 42.7 Å². The van der Waals surface area contributed by atoms with Gasteiger partial charge in [-0.25, -0.2) is 9.78 Å². The van der Waals surface area contributed by atoms with Crippen LogP contribution in [-0.2, 0) is 17.8 Å². The highest BCUT2D eigenvalue weighted by Gasteiger charge is 2.27. The summed E-state index contributed by atoms with van der Waals surface area (Å²) in [7, 11) is 0. The number of hydrogen-bond donors (Lipinski definition) is 1. The second-order valence-electron chi connectivity index (χ2n) is 6.50. The molecule has 2 heterocycles. The molecule has 0 saturated carbocycles. The number of carbonyl (C=O) groups excluding carboxylic acids is 1. The zero-order chi connectivity index (χ0) is 17.6. The summed E-state index contributed by atoms with van der Waals surface area (Å²) in [6.45, 7) is 6.53. The third-order valence-corrected chi connectivity index (χ3v) is 4.46. The van der Waals surface area contributed by atoms with Crippen LogP contribution in [0.3, 0.4) is 0 Å². The lowest BCUT2D eigenvalue weighted by atomic mass is 10.2. The molecule has 1 saturated heterocycles. The van der Waals surface area contributed by atoms with Crippen molar-refractivity contribution in [3.8, 4) is 0 Å². The van der Waals surface area contributed by atoms with Gasteiger partial charge in [-0.05, 0) is 18.9 Å². The molecule has 134 valence electrons. The molecule has 1 aromatic carbocycles. The van der Waals surface area contributed by atoms with Crippen molar-refractivity contribution in [1.29, 1.82) is 0 Å². The Hall–Kier alpha value is -2.34. The van der Waals surface area contributed by atoms with E-state index in [9.17, 15) is 4.79 Å². The Labute approximate surface area is 148 Å². The molecule has 1 N–H and O–H groups in total. The molecule has 2 unspecified atom stereocenters. The van der Waals surface area contributed by atoms with Crippen molar-refractivity contribution < 1.29 is 9.53 Å². The Morgan fingerprint density at radius 3 is 2.88 bits per heavy atom. The standard InChI is InChI=1S/C19H26N4O2/c1-3-17-14-23(12-15(2)25-17)19(24)21-11-18-20-9-10-22(18)13-16-7-5-4-6-8-16/h4-10,15,17H,3,11-14H2,1-2H3,(H,21,24). The summed E-state index contributed by atoms with van der Waals surface area (Å²) >= 11 is 0. The van der Waals surface area contributed by atoms with Gasteiger partial charge in [0, 0.05) is 32.0 Å². The smallest absolute Gasteiger partial charge is 0.317 e. The molecular formula is C19H26N4O2. The van der Waals surface area contributed by atoms with Crippen LogP contribution in [0.4, 0.5) is 4.79 Å². The monoisotopic (exact) mass is 342 g/mol. The fourth-order valence-electron chi connectivity index (χ4n) is 3.13. The lowest BCUT2D eigenvalue weighted by Crippen LogP contribution is -2.52. The highest BCUT2D eigenvalue weighted by molar-refractivity contribution is 5.74. The maximum atomic E-state index is 12.5. The second kappa shape index (κ2) is 8.16. The van der Waals surface area contributed by atoms with E-state index in [2.05, 4.69) is 33.9 Å². The van der Waals surface area contributed by atoms with Gasteiger partial charge in [-0.15, -0.1) is 0 Å². The lowest BCUT2D eigenvalue weighted by molar-refractivity contribution is -0.0646. The molecule has 2 aromatic rings. The van der Waals surface area contributed by atoms with Gasteiger partial charge >= 0.3 is 6.03 Å². The fraction of sp³-hybridized carbons (Fsp3) is 0.474. The highest BCUT2D eigenvalue weighted by Crippen LogP contribution is 2.13. The van der Waals surface area contributed by atoms with Crippen LogP contribution < -0.4 is 5.32 Å². The first kappa shape index (κ1) is 17.5. The Morgan fingerprint density at radius 1 is 1.32 bits per heavy atom. The topological polar surface area (TPSA) is 59.4 Å². The summed E-state index contributed by atoms with van der Waals surface area (Å²) in [5.41, 5.74) is 1.21. The van der Waals surface area contributed by atoms with Gasteiger partial charge in [0.15, 0.2) is 0 Å². The largest absolute Gasteiger partial charge is 0.372 e. The fourth-order valence-corrected chi connectivity index (χ4v) is 3.13. The van der Waals surface area contributed by atoms with Crippen LogP contribution in [-0.4, -0.2) is 45.8 Å². The average Bonchev–Trinajstić information content (AvgIpc) is 3.07. The summed E-state index contributed by atoms with van der Waals surface area (Å²) in [6.07, 6.45) is 4.82. The van der Waals surface area contributed by atoms with E-state index in [1.54, 1.807) is 6.20 Å². The van der Waals surface area contributed by atoms with Crippen LogP contribution in [0.5, 0.6) is 0 Å². The van der Waals surface area contributed by atoms with E-state index in [0.717, 1.165) is 18.8 Å². The number of urea groups is 1. The predicted molar refractivity (Wildman–Crippen MR) is 96.2 cm³/mol. The summed E-state index contributed by atoms with van der Waals surface area (Å²) in [4.78, 5) is 18.7. The number of amides is 2. The minimum absolute atomic E-state index is 0.0529. The molecule has 0 radical (unpaired) electrons. The summed E-state index contributed by atoms with van der Waals surface area (Å²) in [6, 6.07) is 10.2. The Morgan fingerprint density at radius 2 is 2.12 bits per heavy atom. The first-order chi connectivity index (χ1) is 12.2. The molecule has 2 atom stereocenters. The summed E-state index contributed by atoms with van der Waals surface area (Å²) in [5.74, 6) is 0.852. The van der Waals surface area contributed by atoms with Crippen molar-refractivity contribution in [1.82, 2.24) is 19.8 Å². The van der Waals surface area contributed by atoms with Crippen molar-refractivity contribution in [2.75, 3.05) is 13.1 Å². The number of rotatable bonds is 5. The normalized spacial score (nSPS) is 20.5. The minimum Gasteiger partial charge on any atom is -0.372 e. The van der Waals surface area contributed by atoms with E-state index in [4.69, 9.17) is 4.74 Å². The molecule has 0 bridgehead atoms. The second-order valence-corrected chi connectivity index (χ2v) is 6.50. The molecule has 0 aliphatic carbocycles. The molecule has 1 aliphatic heterocycles. The number of aromatic nitrogens is 2. The Kier molecular flexibility index (Phi) is 5.71. The maximum Gasteiger partial charge on any atom is 0.317 e. The number of carbonyl (C=O) groups is 1. The van der Waals surface area contributed by atoms with Crippen LogP contribution in [0.2, 0.25) is 0 Å². The third-order valence-electron chi connectivity index (χ3n) is 4.46. The Balaban J connectivity index is 1.57. The van der Waals surface area contributed by atoms with Gasteiger partial charge in [0.05, 0.1) is 18.8 Å². The minimum atomic E-state index is -0.0529. The lowest BCUT2D eigenvalue weighted by Gasteiger charge is -2.36. The van der Waals surface area contributed by atoms with Gasteiger partial charge in [0.25, 0.3) is 0 Å². The number of benzene rings is 1. The van der Waals surface area contributed by atoms with Gasteiger partial charge in [0.2, 0.25) is 0 Å². The van der Waals surface area contributed by atoms with E-state index in [-0.39, 0.29) is 18.2 Å². The van der Waals surface area contributed by atoms with E-state index < -0.39 is 0 Å². The van der Waals surface area contributed by atoms with Crippen molar-refractivity contribution in [2.45, 2.75) is 45.6 Å². The van der Waals surface area contributed by atoms with E-state index >= 15 is 0 Å². The predicted octanol–water partition coefficient (Wildman–Crippen LogP) is 2.64. The number of hydrogen-bond acceptors (Lipinski definition) is 3. The SMILES string of the molecule is CCC1CN(C(=O)NCc2nccn2Cc2ccccc2)CC(C)O1. The molecule has 1 fully saturated rings. The summed E-state index contributed by atoms with van der Waals surface area (Å²) in [5, 5.41) is 2.99. The molecule has 6 nitrogen and oxygen atoms in total. The van der Waals surface area contributed by atoms with Gasteiger partial charge < -0.3 is 19.5 Å². The van der Waals surface area contributed by atoms with Gasteiger partial charge in [-0.2, -0.15) is 0 Å². The van der Waals surface area contributed by atoms with E-state index in [1.807, 2.05) is 36.2 Å². The number of nitrogens with zero attached hydrogens (tertiary/aromatic N) is 3. The molecule has 2 amide bonds. The van der Waals surface area contributed by atoms with Crippen molar-refractivity contribution >= 4 is 6.03 Å². The van der Waals surface area contributed by atoms with Crippen LogP contribution in [0.1, 0.15) is 31.7 Å². The molecular weight excluding hydrogens is 316 g/mol. The van der Waals surface area contributed by atoms with Crippen molar-refractivity contribution in [3.63, 3.8) is 0 Å². The number of nitrogens with one attached hydrogen (secondary N) is 1. The first-order valence-corrected chi connectivity index (χ1v) is 8.88. The van der Waals surface area contributed by atoms with E-state index in [0.29, 0.717) is 19.6 Å². The van der Waals surface area contributed by atoms with Gasteiger partial charge in [-0.3, -0.25) is 0 Å².